The molecule has 0 unspecified atom stereocenters. The van der Waals surface area contributed by atoms with Crippen molar-refractivity contribution in [3.05, 3.63) is 57.0 Å². The molecule has 0 saturated heterocycles. The van der Waals surface area contributed by atoms with Gasteiger partial charge in [0, 0.05) is 15.1 Å². The van der Waals surface area contributed by atoms with Crippen molar-refractivity contribution in [2.75, 3.05) is 0 Å². The number of aryl methyl sites for hydroxylation is 1. The molecule has 19 heavy (non-hydrogen) atoms. The molecule has 0 atom stereocenters. The maximum atomic E-state index is 6.10. The molecule has 0 radical (unpaired) electrons. The van der Waals surface area contributed by atoms with Gasteiger partial charge in [0.05, 0.1) is 5.88 Å². The van der Waals surface area contributed by atoms with Crippen LogP contribution in [0.4, 0.5) is 0 Å². The number of ether oxygens (including phenoxy) is 1. The van der Waals surface area contributed by atoms with Crippen LogP contribution >= 0.6 is 39.1 Å². The standard InChI is InChI=1S/C15H13BrCl2O/c1-2-10-8-13(4-5-14(10)18)19-15-6-3-12(16)7-11(15)9-17/h3-8H,2,9H2,1H3. The Morgan fingerprint density at radius 3 is 2.58 bits per heavy atom. The van der Waals surface area contributed by atoms with Crippen LogP contribution in [0.15, 0.2) is 40.9 Å². The number of benzene rings is 2. The summed E-state index contributed by atoms with van der Waals surface area (Å²) in [5, 5.41) is 0.767. The summed E-state index contributed by atoms with van der Waals surface area (Å²) >= 11 is 15.5. The van der Waals surface area contributed by atoms with Crippen LogP contribution in [-0.4, -0.2) is 0 Å². The van der Waals surface area contributed by atoms with Gasteiger partial charge in [-0.2, -0.15) is 0 Å². The predicted molar refractivity (Wildman–Crippen MR) is 84.6 cm³/mol. The molecule has 2 aromatic carbocycles. The summed E-state index contributed by atoms with van der Waals surface area (Å²) in [5.74, 6) is 1.95. The molecule has 0 aromatic heterocycles. The molecule has 1 nitrogen and oxygen atoms in total. The molecule has 0 fully saturated rings. The first-order chi connectivity index (χ1) is 9.13. The van der Waals surface area contributed by atoms with E-state index in [1.165, 1.54) is 0 Å². The Bertz CT molecular complexity index is 584. The van der Waals surface area contributed by atoms with Crippen molar-refractivity contribution in [3.8, 4) is 11.5 Å². The van der Waals surface area contributed by atoms with E-state index in [-0.39, 0.29) is 0 Å². The third kappa shape index (κ3) is 3.65. The average Bonchev–Trinajstić information content (AvgIpc) is 2.42. The summed E-state index contributed by atoms with van der Waals surface area (Å²) in [4.78, 5) is 0. The Balaban J connectivity index is 2.30. The molecular formula is C15H13BrCl2O. The molecule has 4 heteroatoms. The highest BCUT2D eigenvalue weighted by atomic mass is 79.9. The first-order valence-corrected chi connectivity index (χ1v) is 7.65. The maximum Gasteiger partial charge on any atom is 0.131 e. The highest BCUT2D eigenvalue weighted by Gasteiger charge is 2.07. The fourth-order valence-corrected chi connectivity index (χ4v) is 2.63. The fraction of sp³-hybridized carbons (Fsp3) is 0.200. The van der Waals surface area contributed by atoms with Crippen molar-refractivity contribution in [2.24, 2.45) is 0 Å². The minimum atomic E-state index is 0.406. The molecule has 0 saturated carbocycles. The highest BCUT2D eigenvalue weighted by molar-refractivity contribution is 9.10. The van der Waals surface area contributed by atoms with Crippen LogP contribution in [0.1, 0.15) is 18.1 Å². The molecule has 0 amide bonds. The van der Waals surface area contributed by atoms with E-state index in [4.69, 9.17) is 27.9 Å². The molecule has 100 valence electrons. The zero-order chi connectivity index (χ0) is 13.8. The van der Waals surface area contributed by atoms with Crippen LogP contribution in [0.3, 0.4) is 0 Å². The van der Waals surface area contributed by atoms with E-state index in [9.17, 15) is 0 Å². The van der Waals surface area contributed by atoms with Gasteiger partial charge >= 0.3 is 0 Å². The predicted octanol–water partition coefficient (Wildman–Crippen LogP) is 6.20. The second-order valence-corrected chi connectivity index (χ2v) is 5.68. The Morgan fingerprint density at radius 2 is 1.89 bits per heavy atom. The molecular weight excluding hydrogens is 347 g/mol. The Labute approximate surface area is 131 Å². The second-order valence-electron chi connectivity index (χ2n) is 4.09. The normalized spacial score (nSPS) is 10.5. The summed E-state index contributed by atoms with van der Waals surface area (Å²) in [5.41, 5.74) is 2.02. The molecule has 0 N–H and O–H groups in total. The summed E-state index contributed by atoms with van der Waals surface area (Å²) in [6, 6.07) is 11.5. The summed E-state index contributed by atoms with van der Waals surface area (Å²) in [7, 11) is 0. The highest BCUT2D eigenvalue weighted by Crippen LogP contribution is 2.31. The van der Waals surface area contributed by atoms with Gasteiger partial charge in [0.15, 0.2) is 0 Å². The number of rotatable bonds is 4. The van der Waals surface area contributed by atoms with E-state index < -0.39 is 0 Å². The Morgan fingerprint density at radius 1 is 1.11 bits per heavy atom. The van der Waals surface area contributed by atoms with E-state index in [1.807, 2.05) is 36.4 Å². The Kier molecular flexibility index (Phi) is 5.14. The number of hydrogen-bond acceptors (Lipinski definition) is 1. The summed E-state index contributed by atoms with van der Waals surface area (Å²) < 4.78 is 6.88. The van der Waals surface area contributed by atoms with Gasteiger partial charge in [-0.05, 0) is 48.4 Å². The van der Waals surface area contributed by atoms with E-state index in [2.05, 4.69) is 22.9 Å². The largest absolute Gasteiger partial charge is 0.457 e. The Hall–Kier alpha value is -0.700. The van der Waals surface area contributed by atoms with Gasteiger partial charge in [-0.25, -0.2) is 0 Å². The number of halogens is 3. The molecule has 2 aromatic rings. The molecule has 0 aliphatic carbocycles. The fourth-order valence-electron chi connectivity index (χ4n) is 1.76. The van der Waals surface area contributed by atoms with Gasteiger partial charge in [0.25, 0.3) is 0 Å². The first-order valence-electron chi connectivity index (χ1n) is 5.94. The minimum Gasteiger partial charge on any atom is -0.457 e. The number of hydrogen-bond donors (Lipinski definition) is 0. The van der Waals surface area contributed by atoms with Crippen molar-refractivity contribution < 1.29 is 4.74 Å². The van der Waals surface area contributed by atoms with Crippen LogP contribution in [0.5, 0.6) is 11.5 Å². The van der Waals surface area contributed by atoms with Gasteiger partial charge in [-0.15, -0.1) is 11.6 Å². The summed E-state index contributed by atoms with van der Waals surface area (Å²) in [6.07, 6.45) is 0.874. The van der Waals surface area contributed by atoms with E-state index >= 15 is 0 Å². The third-order valence-corrected chi connectivity index (χ3v) is 3.94. The lowest BCUT2D eigenvalue weighted by Crippen LogP contribution is -1.91. The summed E-state index contributed by atoms with van der Waals surface area (Å²) in [6.45, 7) is 2.06. The second kappa shape index (κ2) is 6.65. The van der Waals surface area contributed by atoms with Gasteiger partial charge in [0.1, 0.15) is 11.5 Å². The minimum absolute atomic E-state index is 0.406. The van der Waals surface area contributed by atoms with Crippen LogP contribution in [0.2, 0.25) is 5.02 Å². The smallest absolute Gasteiger partial charge is 0.131 e. The van der Waals surface area contributed by atoms with Gasteiger partial charge in [-0.3, -0.25) is 0 Å². The van der Waals surface area contributed by atoms with Crippen molar-refractivity contribution in [1.82, 2.24) is 0 Å². The molecule has 0 aliphatic rings. The van der Waals surface area contributed by atoms with Crippen molar-refractivity contribution in [1.29, 1.82) is 0 Å². The quantitative estimate of drug-likeness (QED) is 0.591. The maximum absolute atomic E-state index is 6.10. The van der Waals surface area contributed by atoms with Crippen LogP contribution in [0, 0.1) is 0 Å². The first kappa shape index (κ1) is 14.7. The van der Waals surface area contributed by atoms with Crippen LogP contribution < -0.4 is 4.74 Å². The van der Waals surface area contributed by atoms with Gasteiger partial charge in [0.2, 0.25) is 0 Å². The topological polar surface area (TPSA) is 9.23 Å². The lowest BCUT2D eigenvalue weighted by atomic mass is 10.1. The monoisotopic (exact) mass is 358 g/mol. The van der Waals surface area contributed by atoms with Crippen LogP contribution in [-0.2, 0) is 12.3 Å². The lowest BCUT2D eigenvalue weighted by molar-refractivity contribution is 0.477. The molecule has 0 spiro atoms. The van der Waals surface area contributed by atoms with Crippen molar-refractivity contribution in [2.45, 2.75) is 19.2 Å². The van der Waals surface area contributed by atoms with Crippen molar-refractivity contribution >= 4 is 39.1 Å². The van der Waals surface area contributed by atoms with Gasteiger partial charge < -0.3 is 4.74 Å². The molecule has 0 bridgehead atoms. The number of alkyl halides is 1. The van der Waals surface area contributed by atoms with E-state index in [0.29, 0.717) is 5.88 Å². The molecule has 2 rings (SSSR count). The lowest BCUT2D eigenvalue weighted by Gasteiger charge is -2.11. The molecule has 0 aliphatic heterocycles. The van der Waals surface area contributed by atoms with Gasteiger partial charge in [-0.1, -0.05) is 34.5 Å². The van der Waals surface area contributed by atoms with Crippen LogP contribution in [0.25, 0.3) is 0 Å². The van der Waals surface area contributed by atoms with E-state index in [1.54, 1.807) is 0 Å². The third-order valence-electron chi connectivity index (χ3n) is 2.79. The SMILES string of the molecule is CCc1cc(Oc2ccc(Br)cc2CCl)ccc1Cl. The zero-order valence-corrected chi connectivity index (χ0v) is 13.5. The van der Waals surface area contributed by atoms with Crippen molar-refractivity contribution in [3.63, 3.8) is 0 Å². The molecule has 0 heterocycles. The zero-order valence-electron chi connectivity index (χ0n) is 10.4. The average molecular weight is 360 g/mol. The van der Waals surface area contributed by atoms with E-state index in [0.717, 1.165) is 38.5 Å².